The van der Waals surface area contributed by atoms with Gasteiger partial charge < -0.3 is 0 Å². The maximum Gasteiger partial charge on any atom is 0.433 e. The van der Waals surface area contributed by atoms with Gasteiger partial charge in [-0.1, -0.05) is 24.3 Å². The molecule has 0 aliphatic carbocycles. The molecule has 2 aromatic heterocycles. The number of para-hydroxylation sites is 1. The van der Waals surface area contributed by atoms with Gasteiger partial charge in [-0.2, -0.15) is 13.2 Å². The molecule has 3 aromatic rings. The second-order valence-electron chi connectivity index (χ2n) is 4.82. The number of aromatic nitrogens is 3. The molecule has 0 fully saturated rings. The molecular weight excluding hydrogens is 321 g/mol. The van der Waals surface area contributed by atoms with Gasteiger partial charge in [-0.15, -0.1) is 0 Å². The maximum atomic E-state index is 13.2. The van der Waals surface area contributed by atoms with Crippen LogP contribution >= 0.6 is 0 Å². The Morgan fingerprint density at radius 1 is 1.08 bits per heavy atom. The quantitative estimate of drug-likeness (QED) is 0.748. The molecule has 0 saturated carbocycles. The molecule has 5 nitrogen and oxygen atoms in total. The first-order valence-electron chi connectivity index (χ1n) is 6.89. The van der Waals surface area contributed by atoms with Crippen molar-refractivity contribution in [3.63, 3.8) is 0 Å². The molecule has 122 valence electrons. The lowest BCUT2D eigenvalue weighted by Gasteiger charge is -2.04. The predicted molar refractivity (Wildman–Crippen MR) is 82.9 cm³/mol. The lowest BCUT2D eigenvalue weighted by atomic mass is 10.2. The first-order valence-corrected chi connectivity index (χ1v) is 6.89. The number of hydrogen-bond donors (Lipinski definition) is 1. The molecule has 0 amide bonds. The van der Waals surface area contributed by atoms with Gasteiger partial charge in [-0.3, -0.25) is 9.89 Å². The van der Waals surface area contributed by atoms with Crippen LogP contribution in [0.2, 0.25) is 0 Å². The van der Waals surface area contributed by atoms with Gasteiger partial charge in [-0.25, -0.2) is 14.7 Å². The van der Waals surface area contributed by atoms with Gasteiger partial charge in [0.05, 0.1) is 11.3 Å². The predicted octanol–water partition coefficient (Wildman–Crippen LogP) is 3.33. The number of halogens is 3. The van der Waals surface area contributed by atoms with Crippen molar-refractivity contribution in [3.8, 4) is 5.69 Å². The van der Waals surface area contributed by atoms with E-state index in [1.54, 1.807) is 30.3 Å². The van der Waals surface area contributed by atoms with Crippen LogP contribution in [-0.2, 0) is 6.18 Å². The molecule has 0 unspecified atom stereocenters. The monoisotopic (exact) mass is 332 g/mol. The number of nitrogens with zero attached hydrogens (tertiary/aromatic N) is 3. The summed E-state index contributed by atoms with van der Waals surface area (Å²) in [6.07, 6.45) is -2.38. The fraction of sp³-hybridized carbons (Fsp3) is 0.0625. The summed E-state index contributed by atoms with van der Waals surface area (Å²) in [6, 6.07) is 12.8. The number of rotatable bonds is 3. The van der Waals surface area contributed by atoms with Crippen LogP contribution in [-0.4, -0.2) is 21.0 Å². The van der Waals surface area contributed by atoms with Gasteiger partial charge in [-0.05, 0) is 24.3 Å². The Hall–Kier alpha value is -3.16. The summed E-state index contributed by atoms with van der Waals surface area (Å²) >= 11 is 0. The van der Waals surface area contributed by atoms with E-state index in [0.717, 1.165) is 10.9 Å². The van der Waals surface area contributed by atoms with Crippen molar-refractivity contribution in [3.05, 3.63) is 76.3 Å². The zero-order chi connectivity index (χ0) is 17.2. The third-order valence-electron chi connectivity index (χ3n) is 3.20. The number of nitrogens with one attached hydrogen (secondary N) is 1. The summed E-state index contributed by atoms with van der Waals surface area (Å²) in [5.74, 6) is 0.206. The van der Waals surface area contributed by atoms with E-state index in [0.29, 0.717) is 5.69 Å². The second kappa shape index (κ2) is 6.15. The average Bonchev–Trinajstić information content (AvgIpc) is 2.92. The van der Waals surface area contributed by atoms with Crippen molar-refractivity contribution in [1.29, 1.82) is 0 Å². The van der Waals surface area contributed by atoms with E-state index in [-0.39, 0.29) is 5.82 Å². The van der Waals surface area contributed by atoms with E-state index < -0.39 is 23.0 Å². The van der Waals surface area contributed by atoms with Crippen LogP contribution in [0.25, 0.3) is 5.69 Å². The van der Waals surface area contributed by atoms with E-state index in [2.05, 4.69) is 15.1 Å². The van der Waals surface area contributed by atoms with Crippen LogP contribution in [0.4, 0.5) is 19.0 Å². The number of benzene rings is 1. The Bertz CT molecular complexity index is 912. The van der Waals surface area contributed by atoms with Gasteiger partial charge in [0, 0.05) is 12.4 Å². The molecule has 1 aromatic carbocycles. The number of H-pyrrole nitrogens is 1. The molecule has 0 saturated heterocycles. The molecular formula is C16H11F3N4O. The van der Waals surface area contributed by atoms with Crippen LogP contribution in [0.5, 0.6) is 0 Å². The number of hydrogen-bond acceptors (Lipinski definition) is 3. The normalized spacial score (nSPS) is 12.0. The molecule has 0 aliphatic rings. The van der Waals surface area contributed by atoms with Crippen LogP contribution in [0.1, 0.15) is 11.3 Å². The van der Waals surface area contributed by atoms with Gasteiger partial charge in [0.2, 0.25) is 0 Å². The van der Waals surface area contributed by atoms with Crippen LogP contribution in [0, 0.1) is 0 Å². The molecule has 3 rings (SSSR count). The van der Waals surface area contributed by atoms with E-state index in [9.17, 15) is 18.0 Å². The highest BCUT2D eigenvalue weighted by atomic mass is 19.4. The lowest BCUT2D eigenvalue weighted by molar-refractivity contribution is -0.141. The molecule has 1 N–H and O–H groups in total. The first-order chi connectivity index (χ1) is 11.5. The number of aliphatic imine (C=N–C) groups is 1. The smallest absolute Gasteiger partial charge is 0.286 e. The minimum atomic E-state index is -4.72. The van der Waals surface area contributed by atoms with Gasteiger partial charge >= 0.3 is 6.18 Å². The summed E-state index contributed by atoms with van der Waals surface area (Å²) < 4.78 is 40.5. The third-order valence-corrected chi connectivity index (χ3v) is 3.20. The van der Waals surface area contributed by atoms with E-state index >= 15 is 0 Å². The Kier molecular flexibility index (Phi) is 4.03. The minimum Gasteiger partial charge on any atom is -0.286 e. The molecule has 24 heavy (non-hydrogen) atoms. The van der Waals surface area contributed by atoms with Crippen molar-refractivity contribution in [1.82, 2.24) is 14.8 Å². The summed E-state index contributed by atoms with van der Waals surface area (Å²) in [5.41, 5.74) is -2.27. The summed E-state index contributed by atoms with van der Waals surface area (Å²) in [4.78, 5) is 20.1. The van der Waals surface area contributed by atoms with Gasteiger partial charge in [0.1, 0.15) is 0 Å². The number of pyridine rings is 1. The van der Waals surface area contributed by atoms with Crippen LogP contribution in [0.3, 0.4) is 0 Å². The summed E-state index contributed by atoms with van der Waals surface area (Å²) in [7, 11) is 0. The Balaban J connectivity index is 2.12. The van der Waals surface area contributed by atoms with E-state index in [4.69, 9.17) is 0 Å². The van der Waals surface area contributed by atoms with E-state index in [1.807, 2.05) is 0 Å². The van der Waals surface area contributed by atoms with Crippen LogP contribution in [0.15, 0.2) is 64.5 Å². The molecule has 0 aliphatic heterocycles. The SMILES string of the molecule is O=c1c(C=Nc2ccccn2)c(C(F)(F)F)[nH]n1-c1ccccc1. The molecule has 2 heterocycles. The number of alkyl halides is 3. The van der Waals surface area contributed by atoms with Crippen LogP contribution < -0.4 is 5.56 Å². The largest absolute Gasteiger partial charge is 0.433 e. The highest BCUT2D eigenvalue weighted by Gasteiger charge is 2.37. The van der Waals surface area contributed by atoms with Crippen molar-refractivity contribution >= 4 is 12.0 Å². The summed E-state index contributed by atoms with van der Waals surface area (Å²) in [6.45, 7) is 0. The highest BCUT2D eigenvalue weighted by Crippen LogP contribution is 2.29. The van der Waals surface area contributed by atoms with E-state index in [1.165, 1.54) is 24.4 Å². The third kappa shape index (κ3) is 3.12. The molecule has 0 spiro atoms. The fourth-order valence-corrected chi connectivity index (χ4v) is 2.11. The number of aromatic amines is 1. The first kappa shape index (κ1) is 15.7. The van der Waals surface area contributed by atoms with Gasteiger partial charge in [0.25, 0.3) is 5.56 Å². The van der Waals surface area contributed by atoms with Crippen molar-refractivity contribution in [2.75, 3.05) is 0 Å². The molecule has 8 heteroatoms. The molecule has 0 radical (unpaired) electrons. The topological polar surface area (TPSA) is 63.0 Å². The molecule has 0 bridgehead atoms. The Labute approximate surface area is 134 Å². The standard InChI is InChI=1S/C16H11F3N4O/c17-16(18,19)14-12(10-21-13-8-4-5-9-20-13)15(24)23(22-14)11-6-2-1-3-7-11/h1-10,22H. The average molecular weight is 332 g/mol. The fourth-order valence-electron chi connectivity index (χ4n) is 2.11. The van der Waals surface area contributed by atoms with Gasteiger partial charge in [0.15, 0.2) is 11.5 Å². The second-order valence-corrected chi connectivity index (χ2v) is 4.82. The Morgan fingerprint density at radius 2 is 1.79 bits per heavy atom. The highest BCUT2D eigenvalue weighted by molar-refractivity contribution is 5.83. The Morgan fingerprint density at radius 3 is 2.42 bits per heavy atom. The minimum absolute atomic E-state index is 0.206. The zero-order valence-corrected chi connectivity index (χ0v) is 12.2. The zero-order valence-electron chi connectivity index (χ0n) is 12.2. The summed E-state index contributed by atoms with van der Waals surface area (Å²) in [5, 5.41) is 2.11. The van der Waals surface area contributed by atoms with Crippen molar-refractivity contribution in [2.45, 2.75) is 6.18 Å². The lowest BCUT2D eigenvalue weighted by Crippen LogP contribution is -2.17. The maximum absolute atomic E-state index is 13.2. The van der Waals surface area contributed by atoms with Crippen molar-refractivity contribution < 1.29 is 13.2 Å². The van der Waals surface area contributed by atoms with Crippen molar-refractivity contribution in [2.24, 2.45) is 4.99 Å². The molecule has 0 atom stereocenters.